The zero-order chi connectivity index (χ0) is 26.7. The first-order chi connectivity index (χ1) is 17.7. The zero-order valence-electron chi connectivity index (χ0n) is 22.3. The second-order valence-electron chi connectivity index (χ2n) is 10.8. The van der Waals surface area contributed by atoms with Crippen molar-refractivity contribution in [1.82, 2.24) is 9.80 Å². The molecule has 2 aromatic carbocycles. The Kier molecular flexibility index (Phi) is 8.27. The SMILES string of the molecule is COc1ccc(C2C(C(=O)O)C(c3ccc4c(c3)OCO4)CN2CC(=O)N(CC(C)C)CC(C)C)cc1. The molecule has 2 aliphatic rings. The minimum atomic E-state index is -0.889. The van der Waals surface area contributed by atoms with E-state index >= 15 is 0 Å². The van der Waals surface area contributed by atoms with E-state index in [0.717, 1.165) is 11.1 Å². The Labute approximate surface area is 219 Å². The number of hydrogen-bond donors (Lipinski definition) is 1. The van der Waals surface area contributed by atoms with E-state index < -0.39 is 17.9 Å². The number of nitrogens with zero attached hydrogens (tertiary/aromatic N) is 2. The lowest BCUT2D eigenvalue weighted by atomic mass is 9.82. The van der Waals surface area contributed by atoms with Gasteiger partial charge in [-0.15, -0.1) is 0 Å². The molecule has 1 amide bonds. The summed E-state index contributed by atoms with van der Waals surface area (Å²) in [6.45, 7) is 10.5. The molecule has 1 N–H and O–H groups in total. The van der Waals surface area contributed by atoms with Crippen LogP contribution >= 0.6 is 0 Å². The van der Waals surface area contributed by atoms with Crippen molar-refractivity contribution in [1.29, 1.82) is 0 Å². The summed E-state index contributed by atoms with van der Waals surface area (Å²) >= 11 is 0. The van der Waals surface area contributed by atoms with Crippen molar-refractivity contribution in [3.05, 3.63) is 53.6 Å². The quantitative estimate of drug-likeness (QED) is 0.507. The molecule has 0 aliphatic carbocycles. The van der Waals surface area contributed by atoms with E-state index in [1.807, 2.05) is 52.3 Å². The highest BCUT2D eigenvalue weighted by Gasteiger charge is 2.48. The Bertz CT molecular complexity index is 1090. The second kappa shape index (κ2) is 11.4. The monoisotopic (exact) mass is 510 g/mol. The molecule has 1 saturated heterocycles. The van der Waals surface area contributed by atoms with Crippen molar-refractivity contribution in [2.45, 2.75) is 39.7 Å². The van der Waals surface area contributed by atoms with Crippen LogP contribution in [0.15, 0.2) is 42.5 Å². The molecular formula is C29H38N2O6. The summed E-state index contributed by atoms with van der Waals surface area (Å²) in [6, 6.07) is 12.6. The summed E-state index contributed by atoms with van der Waals surface area (Å²) in [6.07, 6.45) is 0. The highest BCUT2D eigenvalue weighted by Crippen LogP contribution is 2.47. The number of carboxylic acid groups (broad SMARTS) is 1. The number of benzene rings is 2. The number of fused-ring (bicyclic) bond motifs is 1. The number of ether oxygens (including phenoxy) is 3. The molecule has 200 valence electrons. The van der Waals surface area contributed by atoms with Crippen LogP contribution in [0.5, 0.6) is 17.2 Å². The Morgan fingerprint density at radius 3 is 2.22 bits per heavy atom. The van der Waals surface area contributed by atoms with Gasteiger partial charge in [-0.05, 0) is 47.2 Å². The van der Waals surface area contributed by atoms with E-state index in [1.54, 1.807) is 7.11 Å². The lowest BCUT2D eigenvalue weighted by Crippen LogP contribution is -2.44. The number of methoxy groups -OCH3 is 1. The number of carboxylic acids is 1. The van der Waals surface area contributed by atoms with Gasteiger partial charge in [-0.2, -0.15) is 0 Å². The lowest BCUT2D eigenvalue weighted by molar-refractivity contribution is -0.144. The highest BCUT2D eigenvalue weighted by molar-refractivity contribution is 5.79. The van der Waals surface area contributed by atoms with Crippen LogP contribution in [-0.2, 0) is 9.59 Å². The van der Waals surface area contributed by atoms with Crippen LogP contribution in [0.2, 0.25) is 0 Å². The highest BCUT2D eigenvalue weighted by atomic mass is 16.7. The Hall–Kier alpha value is -3.26. The van der Waals surface area contributed by atoms with Crippen molar-refractivity contribution < 1.29 is 28.9 Å². The minimum Gasteiger partial charge on any atom is -0.497 e. The van der Waals surface area contributed by atoms with Crippen molar-refractivity contribution in [3.8, 4) is 17.2 Å². The molecule has 8 nitrogen and oxygen atoms in total. The fraction of sp³-hybridized carbons (Fsp3) is 0.517. The molecule has 2 aliphatic heterocycles. The van der Waals surface area contributed by atoms with Crippen LogP contribution in [0.4, 0.5) is 0 Å². The van der Waals surface area contributed by atoms with Crippen molar-refractivity contribution in [2.24, 2.45) is 17.8 Å². The molecule has 0 radical (unpaired) electrons. The van der Waals surface area contributed by atoms with E-state index in [0.29, 0.717) is 48.7 Å². The fourth-order valence-electron chi connectivity index (χ4n) is 5.51. The van der Waals surface area contributed by atoms with Gasteiger partial charge in [0.15, 0.2) is 11.5 Å². The molecule has 4 rings (SSSR count). The van der Waals surface area contributed by atoms with E-state index in [2.05, 4.69) is 27.7 Å². The summed E-state index contributed by atoms with van der Waals surface area (Å²) in [4.78, 5) is 30.3. The number of aliphatic carboxylic acids is 1. The summed E-state index contributed by atoms with van der Waals surface area (Å²) in [7, 11) is 1.60. The van der Waals surface area contributed by atoms with Crippen molar-refractivity contribution >= 4 is 11.9 Å². The molecule has 37 heavy (non-hydrogen) atoms. The first-order valence-electron chi connectivity index (χ1n) is 13.0. The van der Waals surface area contributed by atoms with Crippen LogP contribution in [-0.4, -0.2) is 66.9 Å². The predicted octanol–water partition coefficient (Wildman–Crippen LogP) is 4.41. The predicted molar refractivity (Wildman–Crippen MR) is 140 cm³/mol. The van der Waals surface area contributed by atoms with Gasteiger partial charge in [0.2, 0.25) is 12.7 Å². The molecule has 2 aromatic rings. The first kappa shape index (κ1) is 26.8. The molecule has 2 heterocycles. The number of rotatable bonds is 10. The van der Waals surface area contributed by atoms with Crippen LogP contribution in [0.1, 0.15) is 50.8 Å². The largest absolute Gasteiger partial charge is 0.497 e. The summed E-state index contributed by atoms with van der Waals surface area (Å²) in [5, 5.41) is 10.5. The van der Waals surface area contributed by atoms with Crippen molar-refractivity contribution in [3.63, 3.8) is 0 Å². The fourth-order valence-corrected chi connectivity index (χ4v) is 5.51. The van der Waals surface area contributed by atoms with Gasteiger partial charge in [-0.3, -0.25) is 14.5 Å². The van der Waals surface area contributed by atoms with Gasteiger partial charge < -0.3 is 24.2 Å². The number of hydrogen-bond acceptors (Lipinski definition) is 6. The van der Waals surface area contributed by atoms with E-state index in [1.165, 1.54) is 0 Å². The van der Waals surface area contributed by atoms with Crippen LogP contribution < -0.4 is 14.2 Å². The van der Waals surface area contributed by atoms with Crippen LogP contribution in [0.3, 0.4) is 0 Å². The maximum atomic E-state index is 13.6. The molecule has 3 unspecified atom stereocenters. The standard InChI is InChI=1S/C29H38N2O6/c1-18(2)13-30(14-19(3)4)26(32)16-31-15-23(21-8-11-24-25(12-21)37-17-36-24)27(29(33)34)28(31)20-6-9-22(35-5)10-7-20/h6-12,18-19,23,27-28H,13-17H2,1-5H3,(H,33,34). The van der Waals surface area contributed by atoms with Gasteiger partial charge >= 0.3 is 5.97 Å². The zero-order valence-corrected chi connectivity index (χ0v) is 22.3. The molecular weight excluding hydrogens is 472 g/mol. The van der Waals surface area contributed by atoms with Gasteiger partial charge in [0, 0.05) is 31.6 Å². The summed E-state index contributed by atoms with van der Waals surface area (Å²) in [5.74, 6) is 0.724. The van der Waals surface area contributed by atoms with E-state index in [4.69, 9.17) is 14.2 Å². The average molecular weight is 511 g/mol. The first-order valence-corrected chi connectivity index (χ1v) is 13.0. The smallest absolute Gasteiger partial charge is 0.309 e. The summed E-state index contributed by atoms with van der Waals surface area (Å²) < 4.78 is 16.3. The maximum Gasteiger partial charge on any atom is 0.309 e. The molecule has 3 atom stereocenters. The number of carbonyl (C=O) groups excluding carboxylic acids is 1. The molecule has 0 spiro atoms. The van der Waals surface area contributed by atoms with Gasteiger partial charge in [-0.25, -0.2) is 0 Å². The Morgan fingerprint density at radius 1 is 1.00 bits per heavy atom. The van der Waals surface area contributed by atoms with Crippen molar-refractivity contribution in [2.75, 3.05) is 40.1 Å². The number of carbonyl (C=O) groups is 2. The molecule has 1 fully saturated rings. The maximum absolute atomic E-state index is 13.6. The number of likely N-dealkylation sites (tertiary alicyclic amines) is 1. The second-order valence-corrected chi connectivity index (χ2v) is 10.8. The normalized spacial score (nSPS) is 21.0. The molecule has 0 aromatic heterocycles. The third-order valence-electron chi connectivity index (χ3n) is 7.03. The summed E-state index contributed by atoms with van der Waals surface area (Å²) in [5.41, 5.74) is 1.72. The minimum absolute atomic E-state index is 0.0244. The van der Waals surface area contributed by atoms with Crippen LogP contribution in [0.25, 0.3) is 0 Å². The van der Waals surface area contributed by atoms with Gasteiger partial charge in [0.1, 0.15) is 5.75 Å². The van der Waals surface area contributed by atoms with Gasteiger partial charge in [0.25, 0.3) is 0 Å². The molecule has 8 heteroatoms. The average Bonchev–Trinajstić information content (AvgIpc) is 3.47. The number of amides is 1. The van der Waals surface area contributed by atoms with E-state index in [-0.39, 0.29) is 25.2 Å². The molecule has 0 saturated carbocycles. The molecule has 0 bridgehead atoms. The topological polar surface area (TPSA) is 88.5 Å². The van der Waals surface area contributed by atoms with Gasteiger partial charge in [-0.1, -0.05) is 45.9 Å². The lowest BCUT2D eigenvalue weighted by Gasteiger charge is -2.31. The Morgan fingerprint density at radius 2 is 1.62 bits per heavy atom. The van der Waals surface area contributed by atoms with E-state index in [9.17, 15) is 14.7 Å². The third kappa shape index (κ3) is 6.01. The Balaban J connectivity index is 1.69. The van der Waals surface area contributed by atoms with Gasteiger partial charge in [0.05, 0.1) is 19.6 Å². The van der Waals surface area contributed by atoms with Crippen LogP contribution in [0, 0.1) is 17.8 Å². The third-order valence-corrected chi connectivity index (χ3v) is 7.03.